The van der Waals surface area contributed by atoms with Crippen LogP contribution in [-0.2, 0) is 24.4 Å². The van der Waals surface area contributed by atoms with Gasteiger partial charge < -0.3 is 14.2 Å². The maximum absolute atomic E-state index is 13.1. The molecule has 1 N–H and O–H groups in total. The number of esters is 2. The van der Waals surface area contributed by atoms with Crippen molar-refractivity contribution in [1.29, 1.82) is 0 Å². The summed E-state index contributed by atoms with van der Waals surface area (Å²) in [5.74, 6) is -1.21. The number of alkyl halides is 2. The molecule has 162 valence electrons. The Labute approximate surface area is 180 Å². The van der Waals surface area contributed by atoms with Gasteiger partial charge in [0.05, 0.1) is 22.3 Å². The van der Waals surface area contributed by atoms with Crippen LogP contribution in [0.2, 0.25) is 0 Å². The maximum Gasteiger partial charge on any atom is 0.402 e. The van der Waals surface area contributed by atoms with Crippen LogP contribution in [0.25, 0.3) is 0 Å². The van der Waals surface area contributed by atoms with Gasteiger partial charge in [-0.15, -0.1) is 0 Å². The van der Waals surface area contributed by atoms with Crippen molar-refractivity contribution >= 4 is 44.6 Å². The third-order valence-electron chi connectivity index (χ3n) is 3.29. The number of unbranched alkanes of at least 4 members (excludes halogenated alkanes) is 1. The Balaban J connectivity index is 2.50. The lowest BCUT2D eigenvalue weighted by atomic mass is 10.2. The minimum Gasteiger partial charge on any atom is -0.492 e. The van der Waals surface area contributed by atoms with E-state index in [2.05, 4.69) is 11.3 Å². The summed E-state index contributed by atoms with van der Waals surface area (Å²) in [4.78, 5) is 23.0. The van der Waals surface area contributed by atoms with E-state index in [-0.39, 0.29) is 12.2 Å². The van der Waals surface area contributed by atoms with Crippen LogP contribution < -0.4 is 4.74 Å². The van der Waals surface area contributed by atoms with E-state index in [9.17, 15) is 26.8 Å². The number of carbonyl (C=O) groups excluding carboxylic acids is 2. The van der Waals surface area contributed by atoms with Crippen LogP contribution in [-0.4, -0.2) is 50.0 Å². The first-order valence-corrected chi connectivity index (χ1v) is 10.6. The molecule has 12 heteroatoms. The summed E-state index contributed by atoms with van der Waals surface area (Å²) in [6.45, 7) is 3.74. The van der Waals surface area contributed by atoms with Gasteiger partial charge in [-0.05, 0) is 60.6 Å². The molecule has 8 nitrogen and oxygen atoms in total. The highest BCUT2D eigenvalue weighted by molar-refractivity contribution is 14.1. The zero-order valence-electron chi connectivity index (χ0n) is 15.3. The molecule has 0 unspecified atom stereocenters. The smallest absolute Gasteiger partial charge is 0.402 e. The molecule has 1 aromatic carbocycles. The molecule has 0 bridgehead atoms. The van der Waals surface area contributed by atoms with Crippen molar-refractivity contribution in [2.24, 2.45) is 0 Å². The Morgan fingerprint density at radius 3 is 2.38 bits per heavy atom. The van der Waals surface area contributed by atoms with E-state index in [0.29, 0.717) is 34.3 Å². The molecule has 0 aromatic heterocycles. The highest BCUT2D eigenvalue weighted by atomic mass is 127. The average Bonchev–Trinajstić information content (AvgIpc) is 2.62. The number of ether oxygens (including phenoxy) is 3. The van der Waals surface area contributed by atoms with E-state index in [1.54, 1.807) is 6.92 Å². The summed E-state index contributed by atoms with van der Waals surface area (Å²) >= 11 is 1.87. The molecule has 0 aliphatic rings. The Morgan fingerprint density at radius 1 is 1.21 bits per heavy atom. The van der Waals surface area contributed by atoms with Crippen LogP contribution in [0.4, 0.5) is 8.78 Å². The van der Waals surface area contributed by atoms with Gasteiger partial charge in [-0.2, -0.15) is 17.2 Å². The van der Waals surface area contributed by atoms with Gasteiger partial charge in [-0.1, -0.05) is 6.58 Å². The Morgan fingerprint density at radius 2 is 1.83 bits per heavy atom. The van der Waals surface area contributed by atoms with Crippen LogP contribution in [0, 0.1) is 3.57 Å². The number of hydrogen-bond acceptors (Lipinski definition) is 7. The fourth-order valence-electron chi connectivity index (χ4n) is 1.73. The summed E-state index contributed by atoms with van der Waals surface area (Å²) in [5.41, 5.74) is 0.218. The summed E-state index contributed by atoms with van der Waals surface area (Å²) in [6, 6.07) is 4.01. The van der Waals surface area contributed by atoms with E-state index < -0.39 is 33.9 Å². The average molecular weight is 548 g/mol. The van der Waals surface area contributed by atoms with Gasteiger partial charge >= 0.3 is 27.3 Å². The summed E-state index contributed by atoms with van der Waals surface area (Å²) < 4.78 is 70.8. The molecule has 1 rings (SSSR count). The number of carbonyl (C=O) groups is 2. The second-order valence-electron chi connectivity index (χ2n) is 5.81. The van der Waals surface area contributed by atoms with Crippen LogP contribution in [0.5, 0.6) is 5.75 Å². The van der Waals surface area contributed by atoms with E-state index in [1.165, 1.54) is 18.2 Å². The van der Waals surface area contributed by atoms with Crippen molar-refractivity contribution in [2.45, 2.75) is 25.0 Å². The van der Waals surface area contributed by atoms with E-state index in [1.807, 2.05) is 22.6 Å². The second kappa shape index (κ2) is 10.8. The van der Waals surface area contributed by atoms with Gasteiger partial charge in [0.2, 0.25) is 0 Å². The molecule has 0 atom stereocenters. The molecule has 0 heterocycles. The monoisotopic (exact) mass is 548 g/mol. The summed E-state index contributed by atoms with van der Waals surface area (Å²) in [5, 5.41) is -4.60. The lowest BCUT2D eigenvalue weighted by Crippen LogP contribution is -2.34. The first-order valence-electron chi connectivity index (χ1n) is 8.12. The van der Waals surface area contributed by atoms with Crippen molar-refractivity contribution in [3.8, 4) is 5.75 Å². The minimum atomic E-state index is -5.69. The van der Waals surface area contributed by atoms with Crippen LogP contribution in [0.3, 0.4) is 0 Å². The lowest BCUT2D eigenvalue weighted by Gasteiger charge is -2.13. The molecule has 0 aliphatic carbocycles. The predicted molar refractivity (Wildman–Crippen MR) is 106 cm³/mol. The van der Waals surface area contributed by atoms with Gasteiger partial charge in [0.25, 0.3) is 0 Å². The minimum absolute atomic E-state index is 0.0976. The Bertz CT molecular complexity index is 870. The number of hydrogen-bond donors (Lipinski definition) is 1. The molecular formula is C17H19F2IO8S. The third kappa shape index (κ3) is 8.22. The topological polar surface area (TPSA) is 116 Å². The molecule has 0 spiro atoms. The van der Waals surface area contributed by atoms with E-state index >= 15 is 0 Å². The number of benzene rings is 1. The van der Waals surface area contributed by atoms with Crippen molar-refractivity contribution in [1.82, 2.24) is 0 Å². The van der Waals surface area contributed by atoms with Crippen molar-refractivity contribution in [3.05, 3.63) is 39.5 Å². The SMILES string of the molecule is C=C(C)C(=O)OCCCCOc1ccc(C(=O)OCC(F)(F)S(=O)(=O)O)cc1I. The molecule has 0 aliphatic heterocycles. The fraction of sp³-hybridized carbons (Fsp3) is 0.412. The zero-order chi connectivity index (χ0) is 22.2. The third-order valence-corrected chi connectivity index (χ3v) is 5.01. The Kier molecular flexibility index (Phi) is 9.42. The van der Waals surface area contributed by atoms with Gasteiger partial charge in [0, 0.05) is 5.57 Å². The van der Waals surface area contributed by atoms with Gasteiger partial charge in [-0.25, -0.2) is 9.59 Å². The molecule has 0 saturated carbocycles. The van der Waals surface area contributed by atoms with Crippen LogP contribution >= 0.6 is 22.6 Å². The number of rotatable bonds is 11. The quantitative estimate of drug-likeness (QED) is 0.147. The largest absolute Gasteiger partial charge is 0.492 e. The maximum atomic E-state index is 13.1. The highest BCUT2D eigenvalue weighted by Gasteiger charge is 2.45. The normalized spacial score (nSPS) is 11.6. The van der Waals surface area contributed by atoms with Crippen LogP contribution in [0.1, 0.15) is 30.1 Å². The van der Waals surface area contributed by atoms with Crippen molar-refractivity contribution in [2.75, 3.05) is 19.8 Å². The molecule has 0 amide bonds. The van der Waals surface area contributed by atoms with Crippen LogP contribution in [0.15, 0.2) is 30.4 Å². The molecular weight excluding hydrogens is 529 g/mol. The highest BCUT2D eigenvalue weighted by Crippen LogP contribution is 2.24. The molecule has 1 aromatic rings. The predicted octanol–water partition coefficient (Wildman–Crippen LogP) is 3.21. The first kappa shape index (κ1) is 25.2. The summed E-state index contributed by atoms with van der Waals surface area (Å²) in [6.07, 6.45) is 1.16. The second-order valence-corrected chi connectivity index (χ2v) is 8.52. The van der Waals surface area contributed by atoms with Gasteiger partial charge in [-0.3, -0.25) is 4.55 Å². The molecule has 0 fully saturated rings. The lowest BCUT2D eigenvalue weighted by molar-refractivity contribution is -0.139. The van der Waals surface area contributed by atoms with Gasteiger partial charge in [0.1, 0.15) is 5.75 Å². The van der Waals surface area contributed by atoms with E-state index in [4.69, 9.17) is 14.0 Å². The zero-order valence-corrected chi connectivity index (χ0v) is 18.3. The number of halogens is 3. The van der Waals surface area contributed by atoms with E-state index in [0.717, 1.165) is 0 Å². The Hall–Kier alpha value is -1.80. The summed E-state index contributed by atoms with van der Waals surface area (Å²) in [7, 11) is -5.69. The molecule has 0 saturated heterocycles. The van der Waals surface area contributed by atoms with Crippen molar-refractivity contribution < 1.29 is 45.6 Å². The first-order chi connectivity index (χ1) is 13.3. The fourth-order valence-corrected chi connectivity index (χ4v) is 2.61. The van der Waals surface area contributed by atoms with Gasteiger partial charge in [0.15, 0.2) is 6.61 Å². The molecule has 29 heavy (non-hydrogen) atoms. The molecule has 0 radical (unpaired) electrons. The standard InChI is InChI=1S/C17H19F2IO8S/c1-11(2)15(21)27-8-4-3-7-26-14-6-5-12(9-13(14)20)16(22)28-10-17(18,19)29(23,24)25/h5-6,9H,1,3-4,7-8,10H2,2H3,(H,23,24,25). The van der Waals surface area contributed by atoms with Crippen molar-refractivity contribution in [3.63, 3.8) is 0 Å².